The highest BCUT2D eigenvalue weighted by Crippen LogP contribution is 2.12. The molecule has 4 heteroatoms. The summed E-state index contributed by atoms with van der Waals surface area (Å²) in [5, 5.41) is 3.47. The molecule has 0 N–H and O–H groups in total. The smallest absolute Gasteiger partial charge is 0.148 e. The molecule has 0 fully saturated rings. The molecule has 0 heterocycles. The molecular weight excluding hydrogens is 200 g/mol. The van der Waals surface area contributed by atoms with Crippen LogP contribution in [0.5, 0.6) is 0 Å². The van der Waals surface area contributed by atoms with Crippen LogP contribution in [0.1, 0.15) is 19.4 Å². The van der Waals surface area contributed by atoms with Crippen LogP contribution >= 0.6 is 0 Å². The van der Waals surface area contributed by atoms with E-state index in [1.54, 1.807) is 0 Å². The van der Waals surface area contributed by atoms with Crippen molar-refractivity contribution in [3.05, 3.63) is 35.4 Å². The van der Waals surface area contributed by atoms with Gasteiger partial charge in [-0.15, -0.1) is 0 Å². The van der Waals surface area contributed by atoms with E-state index >= 15 is 0 Å². The summed E-state index contributed by atoms with van der Waals surface area (Å²) < 4.78 is 26.1. The second-order valence-corrected chi connectivity index (χ2v) is 3.35. The summed E-state index contributed by atoms with van der Waals surface area (Å²) in [6, 6.07) is 3.66. The van der Waals surface area contributed by atoms with Gasteiger partial charge in [0, 0.05) is 5.92 Å². The highest BCUT2D eigenvalue weighted by molar-refractivity contribution is 5.58. The van der Waals surface area contributed by atoms with Crippen LogP contribution in [0.4, 0.5) is 8.78 Å². The third-order valence-electron chi connectivity index (χ3n) is 1.65. The number of nitrogens with zero attached hydrogens (tertiary/aromatic N) is 1. The Bertz CT molecular complexity index is 330. The fraction of sp³-hybridized carbons (Fsp3) is 0.364. The Kier molecular flexibility index (Phi) is 4.21. The Hall–Kier alpha value is -1.45. The zero-order valence-corrected chi connectivity index (χ0v) is 8.63. The Labute approximate surface area is 87.6 Å². The number of halogens is 2. The van der Waals surface area contributed by atoms with Crippen molar-refractivity contribution in [1.82, 2.24) is 0 Å². The molecule has 0 saturated carbocycles. The zero-order valence-electron chi connectivity index (χ0n) is 8.63. The molecule has 2 nitrogen and oxygen atoms in total. The molecule has 15 heavy (non-hydrogen) atoms. The molecule has 1 aromatic carbocycles. The van der Waals surface area contributed by atoms with Gasteiger partial charge in [-0.05, 0) is 12.1 Å². The average Bonchev–Trinajstić information content (AvgIpc) is 2.15. The summed E-state index contributed by atoms with van der Waals surface area (Å²) in [6.07, 6.45) is 2.61. The van der Waals surface area contributed by atoms with Gasteiger partial charge in [0.05, 0.1) is 5.56 Å². The first-order chi connectivity index (χ1) is 7.11. The summed E-state index contributed by atoms with van der Waals surface area (Å²) in [5.41, 5.74) is -0.119. The third kappa shape index (κ3) is 3.65. The maximum absolute atomic E-state index is 13.1. The van der Waals surface area contributed by atoms with Crippen molar-refractivity contribution in [2.75, 3.05) is 0 Å². The molecule has 1 radical (unpaired) electrons. The van der Waals surface area contributed by atoms with E-state index in [1.807, 2.05) is 13.8 Å². The second kappa shape index (κ2) is 5.44. The highest BCUT2D eigenvalue weighted by atomic mass is 19.1. The van der Waals surface area contributed by atoms with Gasteiger partial charge in [-0.2, -0.15) is 0 Å². The first-order valence-electron chi connectivity index (χ1n) is 4.61. The van der Waals surface area contributed by atoms with Crippen LogP contribution in [0.25, 0.3) is 0 Å². The van der Waals surface area contributed by atoms with Crippen molar-refractivity contribution in [2.45, 2.75) is 20.5 Å². The predicted molar refractivity (Wildman–Crippen MR) is 53.4 cm³/mol. The van der Waals surface area contributed by atoms with Crippen LogP contribution in [0.3, 0.4) is 0 Å². The molecule has 0 aliphatic carbocycles. The fourth-order valence-electron chi connectivity index (χ4n) is 0.910. The Morgan fingerprint density at radius 1 is 1.33 bits per heavy atom. The summed E-state index contributed by atoms with van der Waals surface area (Å²) in [7, 11) is 0. The maximum atomic E-state index is 13.1. The molecule has 0 amide bonds. The molecule has 0 atom stereocenters. The van der Waals surface area contributed by atoms with Gasteiger partial charge in [0.1, 0.15) is 24.5 Å². The summed E-state index contributed by atoms with van der Waals surface area (Å²) in [5.74, 6) is -1.14. The van der Waals surface area contributed by atoms with E-state index in [-0.39, 0.29) is 18.1 Å². The zero-order chi connectivity index (χ0) is 11.3. The number of benzene rings is 1. The largest absolute Gasteiger partial charge is 0.390 e. The lowest BCUT2D eigenvalue weighted by atomic mass is 10.2. The number of rotatable bonds is 4. The van der Waals surface area contributed by atoms with Crippen LogP contribution in [-0.2, 0) is 11.4 Å². The van der Waals surface area contributed by atoms with Crippen molar-refractivity contribution in [1.29, 1.82) is 0 Å². The van der Waals surface area contributed by atoms with Gasteiger partial charge < -0.3 is 4.84 Å². The minimum Gasteiger partial charge on any atom is -0.390 e. The van der Waals surface area contributed by atoms with E-state index in [9.17, 15) is 8.78 Å². The van der Waals surface area contributed by atoms with Gasteiger partial charge >= 0.3 is 0 Å². The van der Waals surface area contributed by atoms with Crippen molar-refractivity contribution in [2.24, 2.45) is 11.1 Å². The van der Waals surface area contributed by atoms with Gasteiger partial charge in [-0.25, -0.2) is 8.78 Å². The Morgan fingerprint density at radius 3 is 2.47 bits per heavy atom. The van der Waals surface area contributed by atoms with Crippen LogP contribution < -0.4 is 0 Å². The summed E-state index contributed by atoms with van der Waals surface area (Å²) in [4.78, 5) is 4.73. The molecule has 0 aliphatic heterocycles. The molecule has 0 bridgehead atoms. The summed E-state index contributed by atoms with van der Waals surface area (Å²) in [6.45, 7) is 3.52. The van der Waals surface area contributed by atoms with Gasteiger partial charge in [-0.1, -0.05) is 25.1 Å². The van der Waals surface area contributed by atoms with E-state index < -0.39 is 11.6 Å². The molecule has 1 aromatic rings. The molecule has 0 aromatic heterocycles. The van der Waals surface area contributed by atoms with Crippen molar-refractivity contribution >= 4 is 6.21 Å². The van der Waals surface area contributed by atoms with Gasteiger partial charge in [0.2, 0.25) is 0 Å². The lowest BCUT2D eigenvalue weighted by molar-refractivity contribution is 0.125. The fourth-order valence-corrected chi connectivity index (χ4v) is 0.910. The third-order valence-corrected chi connectivity index (χ3v) is 1.65. The normalized spacial score (nSPS) is 11.3. The van der Waals surface area contributed by atoms with Crippen LogP contribution in [0, 0.1) is 17.6 Å². The first-order valence-corrected chi connectivity index (χ1v) is 4.61. The molecular formula is C11H12F2NO. The van der Waals surface area contributed by atoms with E-state index in [0.29, 0.717) is 0 Å². The SMILES string of the molecule is CC(C)/[C]=N\OCc1c(F)cccc1F. The highest BCUT2D eigenvalue weighted by Gasteiger charge is 2.07. The summed E-state index contributed by atoms with van der Waals surface area (Å²) >= 11 is 0. The Balaban J connectivity index is 2.58. The van der Waals surface area contributed by atoms with Gasteiger partial charge in [-0.3, -0.25) is 0 Å². The van der Waals surface area contributed by atoms with Crippen molar-refractivity contribution < 1.29 is 13.6 Å². The second-order valence-electron chi connectivity index (χ2n) is 3.35. The number of hydrogen-bond donors (Lipinski definition) is 0. The van der Waals surface area contributed by atoms with E-state index in [0.717, 1.165) is 0 Å². The molecule has 81 valence electrons. The predicted octanol–water partition coefficient (Wildman–Crippen LogP) is 3.00. The first kappa shape index (κ1) is 11.6. The van der Waals surface area contributed by atoms with E-state index in [1.165, 1.54) is 18.2 Å². The van der Waals surface area contributed by atoms with Gasteiger partial charge in [0.25, 0.3) is 0 Å². The topological polar surface area (TPSA) is 21.6 Å². The average molecular weight is 212 g/mol. The van der Waals surface area contributed by atoms with Crippen LogP contribution in [-0.4, -0.2) is 6.21 Å². The van der Waals surface area contributed by atoms with Crippen molar-refractivity contribution in [3.63, 3.8) is 0 Å². The van der Waals surface area contributed by atoms with Crippen molar-refractivity contribution in [3.8, 4) is 0 Å². The van der Waals surface area contributed by atoms with Gasteiger partial charge in [0.15, 0.2) is 0 Å². The van der Waals surface area contributed by atoms with E-state index in [2.05, 4.69) is 11.4 Å². The standard InChI is InChI=1S/C11H12F2NO/c1-8(2)6-14-15-7-9-10(12)4-3-5-11(9)13/h3-5,8H,7H2,1-2H3. The Morgan fingerprint density at radius 2 is 1.93 bits per heavy atom. The lowest BCUT2D eigenvalue weighted by Gasteiger charge is -2.02. The van der Waals surface area contributed by atoms with Crippen LogP contribution in [0.2, 0.25) is 0 Å². The monoisotopic (exact) mass is 212 g/mol. The van der Waals surface area contributed by atoms with E-state index in [4.69, 9.17) is 4.84 Å². The molecule has 0 aliphatic rings. The molecule has 0 saturated heterocycles. The minimum absolute atomic E-state index is 0.119. The molecule has 0 spiro atoms. The minimum atomic E-state index is -0.630. The quantitative estimate of drug-likeness (QED) is 0.555. The molecule has 1 rings (SSSR count). The van der Waals surface area contributed by atoms with Crippen LogP contribution in [0.15, 0.2) is 23.4 Å². The number of hydrogen-bond acceptors (Lipinski definition) is 2. The maximum Gasteiger partial charge on any atom is 0.148 e. The molecule has 0 unspecified atom stereocenters. The lowest BCUT2D eigenvalue weighted by Crippen LogP contribution is -1.97.